The molecule has 1 aliphatic heterocycles. The van der Waals surface area contributed by atoms with E-state index in [1.165, 1.54) is 0 Å². The maximum Gasteiger partial charge on any atom is 0.258 e. The molecule has 0 amide bonds. The van der Waals surface area contributed by atoms with E-state index >= 15 is 0 Å². The highest BCUT2D eigenvalue weighted by Gasteiger charge is 2.21. The van der Waals surface area contributed by atoms with E-state index in [0.717, 1.165) is 37.5 Å². The van der Waals surface area contributed by atoms with Gasteiger partial charge < -0.3 is 9.72 Å². The summed E-state index contributed by atoms with van der Waals surface area (Å²) in [6.45, 7) is 4.08. The van der Waals surface area contributed by atoms with Crippen LogP contribution in [0.5, 0.6) is 0 Å². The van der Waals surface area contributed by atoms with Crippen molar-refractivity contribution < 1.29 is 4.74 Å². The summed E-state index contributed by atoms with van der Waals surface area (Å²) in [6, 6.07) is 9.35. The Balaban J connectivity index is 1.38. The molecule has 1 aromatic carbocycles. The fourth-order valence-corrected chi connectivity index (χ4v) is 3.23. The highest BCUT2D eigenvalue weighted by molar-refractivity contribution is 5.77. The smallest absolute Gasteiger partial charge is 0.258 e. The van der Waals surface area contributed by atoms with Crippen LogP contribution in [-0.4, -0.2) is 57.0 Å². The molecule has 0 unspecified atom stereocenters. The third-order valence-electron chi connectivity index (χ3n) is 4.50. The van der Waals surface area contributed by atoms with Crippen LogP contribution in [0.25, 0.3) is 10.9 Å². The zero-order valence-corrected chi connectivity index (χ0v) is 14.0. The number of para-hydroxylation sites is 1. The summed E-state index contributed by atoms with van der Waals surface area (Å²) in [4.78, 5) is 22.0. The predicted octanol–water partition coefficient (Wildman–Crippen LogP) is 1.06. The quantitative estimate of drug-likeness (QED) is 0.752. The second kappa shape index (κ2) is 7.16. The molecule has 2 aromatic heterocycles. The van der Waals surface area contributed by atoms with Gasteiger partial charge in [0, 0.05) is 38.4 Å². The van der Waals surface area contributed by atoms with E-state index in [4.69, 9.17) is 4.74 Å². The van der Waals surface area contributed by atoms with Crippen molar-refractivity contribution in [2.45, 2.75) is 19.1 Å². The van der Waals surface area contributed by atoms with E-state index in [0.29, 0.717) is 18.4 Å². The summed E-state index contributed by atoms with van der Waals surface area (Å²) in [5.41, 5.74) is 0.680. The van der Waals surface area contributed by atoms with Gasteiger partial charge in [0.2, 0.25) is 0 Å². The second-order valence-electron chi connectivity index (χ2n) is 6.30. The number of aromatic amines is 1. The van der Waals surface area contributed by atoms with Gasteiger partial charge in [-0.05, 0) is 18.2 Å². The normalized spacial score (nSPS) is 18.6. The first-order valence-corrected chi connectivity index (χ1v) is 8.57. The van der Waals surface area contributed by atoms with Gasteiger partial charge in [-0.3, -0.25) is 14.4 Å². The topological polar surface area (TPSA) is 76.0 Å². The summed E-state index contributed by atoms with van der Waals surface area (Å²) in [5.74, 6) is 0.735. The highest BCUT2D eigenvalue weighted by atomic mass is 16.5. The van der Waals surface area contributed by atoms with E-state index in [1.54, 1.807) is 12.3 Å². The largest absolute Gasteiger partial charge is 0.374 e. The number of fused-ring (bicyclic) bond motifs is 1. The number of aromatic nitrogens is 4. The lowest BCUT2D eigenvalue weighted by Gasteiger charge is -2.32. The summed E-state index contributed by atoms with van der Waals surface area (Å²) < 4.78 is 7.73. The van der Waals surface area contributed by atoms with E-state index in [2.05, 4.69) is 20.0 Å². The van der Waals surface area contributed by atoms with Crippen LogP contribution < -0.4 is 5.56 Å². The Labute approximate surface area is 145 Å². The summed E-state index contributed by atoms with van der Waals surface area (Å²) in [6.07, 6.45) is 4.58. The van der Waals surface area contributed by atoms with Gasteiger partial charge in [-0.1, -0.05) is 12.1 Å². The van der Waals surface area contributed by atoms with Crippen LogP contribution >= 0.6 is 0 Å². The van der Waals surface area contributed by atoms with Crippen molar-refractivity contribution in [2.75, 3.05) is 26.2 Å². The van der Waals surface area contributed by atoms with Gasteiger partial charge in [-0.15, -0.1) is 0 Å². The third kappa shape index (κ3) is 3.78. The van der Waals surface area contributed by atoms with Gasteiger partial charge in [0.1, 0.15) is 5.82 Å². The molecule has 1 atom stereocenters. The van der Waals surface area contributed by atoms with Crippen LogP contribution in [0.1, 0.15) is 5.82 Å². The maximum atomic E-state index is 12.1. The molecule has 1 saturated heterocycles. The van der Waals surface area contributed by atoms with Gasteiger partial charge >= 0.3 is 0 Å². The second-order valence-corrected chi connectivity index (χ2v) is 6.30. The van der Waals surface area contributed by atoms with Crippen LogP contribution in [0.15, 0.2) is 47.5 Å². The van der Waals surface area contributed by atoms with E-state index in [-0.39, 0.29) is 11.7 Å². The van der Waals surface area contributed by atoms with Crippen LogP contribution in [0.4, 0.5) is 0 Å². The fraction of sp³-hybridized carbons (Fsp3) is 0.389. The molecule has 0 bridgehead atoms. The third-order valence-corrected chi connectivity index (χ3v) is 4.50. The summed E-state index contributed by atoms with van der Waals surface area (Å²) in [7, 11) is 0. The number of morpholine rings is 1. The van der Waals surface area contributed by atoms with Gasteiger partial charge in [0.15, 0.2) is 0 Å². The van der Waals surface area contributed by atoms with Crippen molar-refractivity contribution >= 4 is 10.9 Å². The average Bonchev–Trinajstić information content (AvgIpc) is 3.13. The molecule has 0 saturated carbocycles. The van der Waals surface area contributed by atoms with Crippen LogP contribution in [0, 0.1) is 0 Å². The molecule has 1 N–H and O–H groups in total. The fourth-order valence-electron chi connectivity index (χ4n) is 3.23. The zero-order chi connectivity index (χ0) is 17.1. The van der Waals surface area contributed by atoms with Crippen LogP contribution in [0.2, 0.25) is 0 Å². The first-order chi connectivity index (χ1) is 12.3. The Morgan fingerprint density at radius 3 is 3.08 bits per heavy atom. The molecular formula is C18H21N5O2. The number of benzene rings is 1. The average molecular weight is 339 g/mol. The molecule has 3 aromatic rings. The Morgan fingerprint density at radius 2 is 2.20 bits per heavy atom. The van der Waals surface area contributed by atoms with Crippen LogP contribution in [-0.2, 0) is 17.7 Å². The minimum absolute atomic E-state index is 0.0702. The minimum Gasteiger partial charge on any atom is -0.374 e. The molecular weight excluding hydrogens is 318 g/mol. The lowest BCUT2D eigenvalue weighted by molar-refractivity contribution is -0.0372. The number of nitrogens with zero attached hydrogens (tertiary/aromatic N) is 4. The lowest BCUT2D eigenvalue weighted by Crippen LogP contribution is -2.45. The molecule has 4 rings (SSSR count). The number of H-pyrrole nitrogens is 1. The Hall–Kier alpha value is -2.51. The van der Waals surface area contributed by atoms with Crippen molar-refractivity contribution in [2.24, 2.45) is 0 Å². The molecule has 0 aliphatic carbocycles. The zero-order valence-electron chi connectivity index (χ0n) is 14.0. The molecule has 7 heteroatoms. The van der Waals surface area contributed by atoms with Gasteiger partial charge in [0.25, 0.3) is 5.56 Å². The first-order valence-electron chi connectivity index (χ1n) is 8.57. The maximum absolute atomic E-state index is 12.1. The standard InChI is InChI=1S/C18H21N5O2/c24-18-15-4-1-2-5-16(15)20-17(21-18)6-9-22-10-11-25-14(12-22)13-23-8-3-7-19-23/h1-5,7-8,14H,6,9-13H2,(H,20,21,24)/t14-/m1/s1. The van der Waals surface area contributed by atoms with Gasteiger partial charge in [0.05, 0.1) is 30.2 Å². The lowest BCUT2D eigenvalue weighted by atomic mass is 10.2. The molecule has 0 radical (unpaired) electrons. The molecule has 0 spiro atoms. The summed E-state index contributed by atoms with van der Waals surface area (Å²) in [5, 5.41) is 4.87. The van der Waals surface area contributed by atoms with Crippen molar-refractivity contribution in [3.05, 3.63) is 58.9 Å². The first kappa shape index (κ1) is 16.0. The number of nitrogens with one attached hydrogen (secondary N) is 1. The number of ether oxygens (including phenoxy) is 1. The molecule has 1 fully saturated rings. The van der Waals surface area contributed by atoms with Crippen molar-refractivity contribution in [3.63, 3.8) is 0 Å². The molecule has 7 nitrogen and oxygen atoms in total. The number of hydrogen-bond donors (Lipinski definition) is 1. The van der Waals surface area contributed by atoms with Crippen molar-refractivity contribution in [3.8, 4) is 0 Å². The van der Waals surface area contributed by atoms with E-state index < -0.39 is 0 Å². The van der Waals surface area contributed by atoms with E-state index in [9.17, 15) is 4.79 Å². The molecule has 130 valence electrons. The Bertz CT molecular complexity index is 890. The highest BCUT2D eigenvalue weighted by Crippen LogP contribution is 2.09. The minimum atomic E-state index is -0.0702. The summed E-state index contributed by atoms with van der Waals surface area (Å²) >= 11 is 0. The molecule has 3 heterocycles. The SMILES string of the molecule is O=c1[nH]c(CCN2CCO[C@@H](Cn3cccn3)C2)nc2ccccc12. The molecule has 1 aliphatic rings. The number of hydrogen-bond acceptors (Lipinski definition) is 5. The van der Waals surface area contributed by atoms with Crippen molar-refractivity contribution in [1.82, 2.24) is 24.6 Å². The van der Waals surface area contributed by atoms with Gasteiger partial charge in [-0.2, -0.15) is 5.10 Å². The predicted molar refractivity (Wildman–Crippen MR) is 94.5 cm³/mol. The van der Waals surface area contributed by atoms with E-state index in [1.807, 2.05) is 35.1 Å². The van der Waals surface area contributed by atoms with Crippen LogP contribution in [0.3, 0.4) is 0 Å². The monoisotopic (exact) mass is 339 g/mol. The molecule has 25 heavy (non-hydrogen) atoms. The Kier molecular flexibility index (Phi) is 4.58. The number of rotatable bonds is 5. The van der Waals surface area contributed by atoms with Gasteiger partial charge in [-0.25, -0.2) is 4.98 Å². The van der Waals surface area contributed by atoms with Crippen molar-refractivity contribution in [1.29, 1.82) is 0 Å². The Morgan fingerprint density at radius 1 is 1.28 bits per heavy atom.